The number of carbonyl (C=O) groups is 1. The summed E-state index contributed by atoms with van der Waals surface area (Å²) in [4.78, 5) is 12.6. The van der Waals surface area contributed by atoms with Crippen LogP contribution < -0.4 is 0 Å². The summed E-state index contributed by atoms with van der Waals surface area (Å²) >= 11 is 0. The number of ether oxygens (including phenoxy) is 1. The predicted octanol–water partition coefficient (Wildman–Crippen LogP) is 4.18. The third-order valence-corrected chi connectivity index (χ3v) is 6.26. The van der Waals surface area contributed by atoms with Crippen molar-refractivity contribution < 1.29 is 9.53 Å². The van der Waals surface area contributed by atoms with E-state index in [9.17, 15) is 4.79 Å². The monoisotopic (exact) mass is 264 g/mol. The first-order valence-corrected chi connectivity index (χ1v) is 8.04. The lowest BCUT2D eigenvalue weighted by Crippen LogP contribution is -2.54. The molecule has 4 aliphatic rings. The molecule has 4 rings (SSSR count). The van der Waals surface area contributed by atoms with E-state index in [0.717, 1.165) is 37.0 Å². The van der Waals surface area contributed by atoms with Gasteiger partial charge in [0.15, 0.2) is 0 Å². The van der Waals surface area contributed by atoms with E-state index in [4.69, 9.17) is 4.74 Å². The maximum atomic E-state index is 12.6. The van der Waals surface area contributed by atoms with Gasteiger partial charge >= 0.3 is 5.97 Å². The minimum atomic E-state index is -0.358. The molecule has 0 amide bonds. The van der Waals surface area contributed by atoms with Crippen LogP contribution in [0, 0.1) is 29.1 Å². The second-order valence-corrected chi connectivity index (χ2v) is 8.37. The molecule has 4 bridgehead atoms. The van der Waals surface area contributed by atoms with Gasteiger partial charge in [-0.2, -0.15) is 0 Å². The minimum absolute atomic E-state index is 0.0319. The number of carbonyl (C=O) groups excluding carboxylic acids is 1. The van der Waals surface area contributed by atoms with Crippen molar-refractivity contribution in [1.82, 2.24) is 0 Å². The molecule has 19 heavy (non-hydrogen) atoms. The average molecular weight is 264 g/mol. The van der Waals surface area contributed by atoms with Crippen LogP contribution in [0.4, 0.5) is 0 Å². The van der Waals surface area contributed by atoms with Crippen LogP contribution in [0.3, 0.4) is 0 Å². The molecule has 0 aromatic rings. The molecule has 4 aliphatic carbocycles. The zero-order valence-electron chi connectivity index (χ0n) is 12.9. The lowest BCUT2D eigenvalue weighted by atomic mass is 9.54. The molecule has 4 fully saturated rings. The van der Waals surface area contributed by atoms with Crippen molar-refractivity contribution in [1.29, 1.82) is 0 Å². The summed E-state index contributed by atoms with van der Waals surface area (Å²) in [6, 6.07) is 0. The Labute approximate surface area is 117 Å². The molecule has 4 saturated carbocycles. The van der Waals surface area contributed by atoms with E-state index >= 15 is 0 Å². The molecule has 2 heteroatoms. The van der Waals surface area contributed by atoms with Gasteiger partial charge in [0.1, 0.15) is 5.60 Å². The molecule has 0 aromatic heterocycles. The summed E-state index contributed by atoms with van der Waals surface area (Å²) in [5.41, 5.74) is -0.443. The van der Waals surface area contributed by atoms with Crippen molar-refractivity contribution >= 4 is 5.97 Å². The van der Waals surface area contributed by atoms with Gasteiger partial charge in [-0.1, -0.05) is 13.8 Å². The van der Waals surface area contributed by atoms with E-state index in [1.807, 2.05) is 13.8 Å². The first kappa shape index (κ1) is 13.5. The Morgan fingerprint density at radius 3 is 1.84 bits per heavy atom. The smallest absolute Gasteiger partial charge is 0.312 e. The van der Waals surface area contributed by atoms with E-state index in [2.05, 4.69) is 13.8 Å². The van der Waals surface area contributed by atoms with E-state index in [1.165, 1.54) is 19.3 Å². The van der Waals surface area contributed by atoms with Crippen molar-refractivity contribution in [2.45, 2.75) is 71.8 Å². The first-order valence-electron chi connectivity index (χ1n) is 8.04. The SMILES string of the molecule is CC(C)C(C)(C)C(=O)OC12CC3CC(CC(C3)C1)C2. The van der Waals surface area contributed by atoms with E-state index in [1.54, 1.807) is 0 Å². The molecule has 0 spiro atoms. The highest BCUT2D eigenvalue weighted by molar-refractivity contribution is 5.76. The van der Waals surface area contributed by atoms with Gasteiger partial charge in [0, 0.05) is 0 Å². The molecule has 0 aromatic carbocycles. The lowest BCUT2D eigenvalue weighted by Gasteiger charge is -2.56. The van der Waals surface area contributed by atoms with Crippen molar-refractivity contribution in [2.75, 3.05) is 0 Å². The molecule has 0 atom stereocenters. The summed E-state index contributed by atoms with van der Waals surface area (Å²) in [6.45, 7) is 8.28. The van der Waals surface area contributed by atoms with Gasteiger partial charge in [-0.3, -0.25) is 4.79 Å². The molecule has 0 radical (unpaired) electrons. The standard InChI is InChI=1S/C17H28O2/c1-11(2)16(3,4)15(18)19-17-8-12-5-13(9-17)7-14(6-12)10-17/h11-14H,5-10H2,1-4H3. The summed E-state index contributed by atoms with van der Waals surface area (Å²) in [5.74, 6) is 2.86. The summed E-state index contributed by atoms with van der Waals surface area (Å²) in [6.07, 6.45) is 7.59. The molecular formula is C17H28O2. The molecule has 0 heterocycles. The zero-order valence-corrected chi connectivity index (χ0v) is 12.9. The second kappa shape index (κ2) is 4.23. The first-order chi connectivity index (χ1) is 8.81. The maximum absolute atomic E-state index is 12.6. The Morgan fingerprint density at radius 1 is 1.05 bits per heavy atom. The third kappa shape index (κ3) is 2.21. The van der Waals surface area contributed by atoms with Crippen LogP contribution in [-0.2, 0) is 9.53 Å². The Kier molecular flexibility index (Phi) is 3.00. The highest BCUT2D eigenvalue weighted by atomic mass is 16.6. The van der Waals surface area contributed by atoms with Crippen LogP contribution in [0.2, 0.25) is 0 Å². The van der Waals surface area contributed by atoms with Gasteiger partial charge in [0.25, 0.3) is 0 Å². The average Bonchev–Trinajstić information content (AvgIpc) is 2.25. The van der Waals surface area contributed by atoms with Gasteiger partial charge in [-0.25, -0.2) is 0 Å². The van der Waals surface area contributed by atoms with Crippen LogP contribution in [0.15, 0.2) is 0 Å². The van der Waals surface area contributed by atoms with Crippen LogP contribution >= 0.6 is 0 Å². The molecule has 0 aliphatic heterocycles. The molecule has 2 nitrogen and oxygen atoms in total. The number of hydrogen-bond donors (Lipinski definition) is 0. The van der Waals surface area contributed by atoms with E-state index < -0.39 is 0 Å². The topological polar surface area (TPSA) is 26.3 Å². The summed E-state index contributed by atoms with van der Waals surface area (Å²) in [7, 11) is 0. The predicted molar refractivity (Wildman–Crippen MR) is 75.6 cm³/mol. The quantitative estimate of drug-likeness (QED) is 0.715. The highest BCUT2D eigenvalue weighted by Gasteiger charge is 2.54. The zero-order chi connectivity index (χ0) is 13.8. The van der Waals surface area contributed by atoms with Gasteiger partial charge in [-0.15, -0.1) is 0 Å². The summed E-state index contributed by atoms with van der Waals surface area (Å²) in [5, 5.41) is 0. The van der Waals surface area contributed by atoms with Gasteiger partial charge in [-0.05, 0) is 76.0 Å². The number of rotatable bonds is 3. The molecular weight excluding hydrogens is 236 g/mol. The van der Waals surface area contributed by atoms with Crippen molar-refractivity contribution in [3.63, 3.8) is 0 Å². The van der Waals surface area contributed by atoms with Crippen LogP contribution in [-0.4, -0.2) is 11.6 Å². The molecule has 0 saturated heterocycles. The molecule has 108 valence electrons. The Morgan fingerprint density at radius 2 is 1.47 bits per heavy atom. The Balaban J connectivity index is 1.75. The van der Waals surface area contributed by atoms with Crippen LogP contribution in [0.1, 0.15) is 66.2 Å². The highest BCUT2D eigenvalue weighted by Crippen LogP contribution is 2.57. The van der Waals surface area contributed by atoms with Crippen molar-refractivity contribution in [3.05, 3.63) is 0 Å². The van der Waals surface area contributed by atoms with Crippen molar-refractivity contribution in [2.24, 2.45) is 29.1 Å². The van der Waals surface area contributed by atoms with Crippen LogP contribution in [0.5, 0.6) is 0 Å². The van der Waals surface area contributed by atoms with Crippen molar-refractivity contribution in [3.8, 4) is 0 Å². The van der Waals surface area contributed by atoms with E-state index in [0.29, 0.717) is 5.92 Å². The van der Waals surface area contributed by atoms with Gasteiger partial charge in [0.05, 0.1) is 5.41 Å². The fourth-order valence-electron chi connectivity index (χ4n) is 4.72. The fourth-order valence-corrected chi connectivity index (χ4v) is 4.72. The minimum Gasteiger partial charge on any atom is -0.459 e. The normalized spacial score (nSPS) is 40.8. The summed E-state index contributed by atoms with van der Waals surface area (Å²) < 4.78 is 6.14. The van der Waals surface area contributed by atoms with Crippen LogP contribution in [0.25, 0.3) is 0 Å². The Hall–Kier alpha value is -0.530. The molecule has 0 unspecified atom stereocenters. The largest absolute Gasteiger partial charge is 0.459 e. The van der Waals surface area contributed by atoms with Gasteiger partial charge in [0.2, 0.25) is 0 Å². The maximum Gasteiger partial charge on any atom is 0.312 e. The fraction of sp³-hybridized carbons (Fsp3) is 0.941. The third-order valence-electron chi connectivity index (χ3n) is 6.26. The van der Waals surface area contributed by atoms with E-state index in [-0.39, 0.29) is 17.0 Å². The second-order valence-electron chi connectivity index (χ2n) is 8.37. The number of hydrogen-bond acceptors (Lipinski definition) is 2. The lowest BCUT2D eigenvalue weighted by molar-refractivity contribution is -0.197. The number of esters is 1. The Bertz CT molecular complexity index is 345. The van der Waals surface area contributed by atoms with Gasteiger partial charge < -0.3 is 4.74 Å². The molecule has 0 N–H and O–H groups in total.